The second-order valence-corrected chi connectivity index (χ2v) is 3.80. The van der Waals surface area contributed by atoms with E-state index in [0.29, 0.717) is 18.0 Å². The van der Waals surface area contributed by atoms with Crippen molar-refractivity contribution in [2.45, 2.75) is 18.5 Å². The maximum Gasteiger partial charge on any atom is 0.410 e. The molecule has 0 N–H and O–H groups in total. The molecule has 1 amide bonds. The highest BCUT2D eigenvalue weighted by Crippen LogP contribution is 2.56. The van der Waals surface area contributed by atoms with E-state index < -0.39 is 0 Å². The zero-order chi connectivity index (χ0) is 8.29. The van der Waals surface area contributed by atoms with Gasteiger partial charge in [-0.15, -0.1) is 0 Å². The molecule has 1 saturated heterocycles. The summed E-state index contributed by atoms with van der Waals surface area (Å²) in [5.41, 5.74) is 0. The summed E-state index contributed by atoms with van der Waals surface area (Å²) in [6, 6.07) is 0.851. The van der Waals surface area contributed by atoms with Crippen molar-refractivity contribution in [1.82, 2.24) is 4.90 Å². The minimum Gasteiger partial charge on any atom is -0.453 e. The van der Waals surface area contributed by atoms with E-state index in [2.05, 4.69) is 12.2 Å². The van der Waals surface area contributed by atoms with Gasteiger partial charge in [-0.1, -0.05) is 12.2 Å². The van der Waals surface area contributed by atoms with Crippen LogP contribution in [0.15, 0.2) is 12.2 Å². The van der Waals surface area contributed by atoms with E-state index in [1.807, 2.05) is 4.90 Å². The predicted octanol–water partition coefficient (Wildman–Crippen LogP) is 1.01. The highest BCUT2D eigenvalue weighted by atomic mass is 16.5. The van der Waals surface area contributed by atoms with E-state index >= 15 is 0 Å². The summed E-state index contributed by atoms with van der Waals surface area (Å²) in [6.45, 7) is 0. The summed E-state index contributed by atoms with van der Waals surface area (Å²) in [4.78, 5) is 13.2. The lowest BCUT2D eigenvalue weighted by Gasteiger charge is -2.32. The van der Waals surface area contributed by atoms with Crippen molar-refractivity contribution >= 4 is 6.09 Å². The van der Waals surface area contributed by atoms with Crippen LogP contribution in [0.1, 0.15) is 6.42 Å². The summed E-state index contributed by atoms with van der Waals surface area (Å²) >= 11 is 0. The Balaban J connectivity index is 1.87. The van der Waals surface area contributed by atoms with Crippen LogP contribution in [-0.4, -0.2) is 30.2 Å². The smallest absolute Gasteiger partial charge is 0.410 e. The van der Waals surface area contributed by atoms with Crippen molar-refractivity contribution in [2.75, 3.05) is 7.11 Å². The Labute approximate surface area is 71.0 Å². The molecule has 3 heteroatoms. The summed E-state index contributed by atoms with van der Waals surface area (Å²) < 4.78 is 4.74. The summed E-state index contributed by atoms with van der Waals surface area (Å²) in [6.07, 6.45) is 5.35. The quantitative estimate of drug-likeness (QED) is 0.501. The van der Waals surface area contributed by atoms with Gasteiger partial charge in [-0.2, -0.15) is 0 Å². The monoisotopic (exact) mass is 165 g/mol. The molecule has 0 bridgehead atoms. The Bertz CT molecular complexity index is 274. The third kappa shape index (κ3) is 0.564. The first kappa shape index (κ1) is 6.52. The van der Waals surface area contributed by atoms with Crippen LogP contribution in [-0.2, 0) is 4.74 Å². The number of amides is 1. The second kappa shape index (κ2) is 1.84. The van der Waals surface area contributed by atoms with Crippen molar-refractivity contribution in [2.24, 2.45) is 11.8 Å². The average molecular weight is 165 g/mol. The predicted molar refractivity (Wildman–Crippen MR) is 42.6 cm³/mol. The normalized spacial score (nSPS) is 46.2. The van der Waals surface area contributed by atoms with E-state index in [-0.39, 0.29) is 6.09 Å². The Morgan fingerprint density at radius 1 is 1.58 bits per heavy atom. The van der Waals surface area contributed by atoms with Gasteiger partial charge in [-0.3, -0.25) is 4.90 Å². The van der Waals surface area contributed by atoms with Crippen LogP contribution in [0.25, 0.3) is 0 Å². The lowest BCUT2D eigenvalue weighted by molar-refractivity contribution is 0.112. The fraction of sp³-hybridized carbons (Fsp3) is 0.667. The Hall–Kier alpha value is -0.990. The highest BCUT2D eigenvalue weighted by Gasteiger charge is 2.61. The fourth-order valence-corrected chi connectivity index (χ4v) is 2.53. The molecule has 0 aromatic carbocycles. The molecule has 0 spiro atoms. The number of carbonyl (C=O) groups excluding carboxylic acids is 1. The molecule has 0 unspecified atom stereocenters. The molecular formula is C9H11NO2. The van der Waals surface area contributed by atoms with Gasteiger partial charge >= 0.3 is 6.09 Å². The first-order chi connectivity index (χ1) is 5.83. The number of rotatable bonds is 0. The van der Waals surface area contributed by atoms with Crippen molar-refractivity contribution in [1.29, 1.82) is 0 Å². The molecule has 1 aliphatic heterocycles. The second-order valence-electron chi connectivity index (χ2n) is 3.80. The van der Waals surface area contributed by atoms with Gasteiger partial charge in [0.2, 0.25) is 0 Å². The number of fused-ring (bicyclic) bond motifs is 3. The average Bonchev–Trinajstić information content (AvgIpc) is 2.72. The number of ether oxygens (including phenoxy) is 1. The van der Waals surface area contributed by atoms with Crippen LogP contribution in [0.4, 0.5) is 4.79 Å². The standard InChI is InChI=1S/C9H11NO2/c1-12-9(11)10-7-3-2-5(7)6-4-8(6)10/h2-3,5-8H,4H2,1H3/t5-,6-,7-,8-/m1/s1. The van der Waals surface area contributed by atoms with E-state index in [4.69, 9.17) is 4.74 Å². The van der Waals surface area contributed by atoms with Gasteiger partial charge in [0, 0.05) is 12.0 Å². The minimum absolute atomic E-state index is 0.153. The molecule has 3 aliphatic rings. The van der Waals surface area contributed by atoms with Gasteiger partial charge in [0.25, 0.3) is 0 Å². The number of hydrogen-bond donors (Lipinski definition) is 0. The minimum atomic E-state index is -0.153. The maximum atomic E-state index is 11.3. The number of likely N-dealkylation sites (tertiary alicyclic amines) is 1. The molecule has 3 rings (SSSR count). The van der Waals surface area contributed by atoms with Crippen LogP contribution in [0.5, 0.6) is 0 Å². The maximum absolute atomic E-state index is 11.3. The van der Waals surface area contributed by atoms with Crippen LogP contribution in [0.3, 0.4) is 0 Å². The molecule has 1 heterocycles. The van der Waals surface area contributed by atoms with Gasteiger partial charge in [0.15, 0.2) is 0 Å². The number of nitrogens with zero attached hydrogens (tertiary/aromatic N) is 1. The van der Waals surface area contributed by atoms with Crippen LogP contribution in [0.2, 0.25) is 0 Å². The molecule has 3 nitrogen and oxygen atoms in total. The SMILES string of the molecule is COC(=O)N1[C@@H]2C=C[C@@H]2[C@H]2C[C@H]21. The van der Waals surface area contributed by atoms with Gasteiger partial charge in [0.05, 0.1) is 13.2 Å². The first-order valence-corrected chi connectivity index (χ1v) is 4.37. The molecule has 64 valence electrons. The largest absolute Gasteiger partial charge is 0.453 e. The Morgan fingerprint density at radius 3 is 2.92 bits per heavy atom. The number of hydrogen-bond acceptors (Lipinski definition) is 2. The van der Waals surface area contributed by atoms with Gasteiger partial charge < -0.3 is 4.74 Å². The van der Waals surface area contributed by atoms with Crippen LogP contribution >= 0.6 is 0 Å². The van der Waals surface area contributed by atoms with Crippen molar-refractivity contribution in [3.8, 4) is 0 Å². The Morgan fingerprint density at radius 2 is 2.42 bits per heavy atom. The van der Waals surface area contributed by atoms with Gasteiger partial charge in [-0.05, 0) is 12.3 Å². The van der Waals surface area contributed by atoms with Crippen LogP contribution in [0, 0.1) is 11.8 Å². The lowest BCUT2D eigenvalue weighted by Crippen LogP contribution is -2.42. The summed E-state index contributed by atoms with van der Waals surface area (Å²) in [5, 5.41) is 0. The van der Waals surface area contributed by atoms with Gasteiger partial charge in [-0.25, -0.2) is 4.79 Å². The van der Waals surface area contributed by atoms with Gasteiger partial charge in [0.1, 0.15) is 0 Å². The third-order valence-corrected chi connectivity index (χ3v) is 3.29. The topological polar surface area (TPSA) is 29.5 Å². The molecule has 12 heavy (non-hydrogen) atoms. The molecule has 2 aliphatic carbocycles. The molecule has 0 radical (unpaired) electrons. The third-order valence-electron chi connectivity index (χ3n) is 3.29. The number of methoxy groups -OCH3 is 1. The molecule has 1 saturated carbocycles. The molecule has 0 aromatic heterocycles. The van der Waals surface area contributed by atoms with E-state index in [1.165, 1.54) is 13.5 Å². The fourth-order valence-electron chi connectivity index (χ4n) is 2.53. The van der Waals surface area contributed by atoms with Crippen LogP contribution < -0.4 is 0 Å². The first-order valence-electron chi connectivity index (χ1n) is 4.37. The van der Waals surface area contributed by atoms with E-state index in [9.17, 15) is 4.79 Å². The zero-order valence-corrected chi connectivity index (χ0v) is 6.93. The van der Waals surface area contributed by atoms with Crippen molar-refractivity contribution in [3.63, 3.8) is 0 Å². The molecule has 2 fully saturated rings. The zero-order valence-electron chi connectivity index (χ0n) is 6.93. The summed E-state index contributed by atoms with van der Waals surface area (Å²) in [5.74, 6) is 1.40. The van der Waals surface area contributed by atoms with E-state index in [0.717, 1.165) is 5.92 Å². The lowest BCUT2D eigenvalue weighted by atomic mass is 9.87. The molecule has 4 atom stereocenters. The summed E-state index contributed by atoms with van der Waals surface area (Å²) in [7, 11) is 1.45. The number of piperidine rings is 1. The van der Waals surface area contributed by atoms with E-state index in [1.54, 1.807) is 0 Å². The Kier molecular flexibility index (Phi) is 1.000. The van der Waals surface area contributed by atoms with Crippen molar-refractivity contribution in [3.05, 3.63) is 12.2 Å². The van der Waals surface area contributed by atoms with Crippen molar-refractivity contribution < 1.29 is 9.53 Å². The highest BCUT2D eigenvalue weighted by molar-refractivity contribution is 5.71. The molecular weight excluding hydrogens is 154 g/mol. The number of carbonyl (C=O) groups is 1. The molecule has 0 aromatic rings.